The van der Waals surface area contributed by atoms with E-state index >= 15 is 0 Å². The molecule has 1 aromatic carbocycles. The van der Waals surface area contributed by atoms with Crippen molar-refractivity contribution in [2.45, 2.75) is 65.3 Å². The second-order valence-electron chi connectivity index (χ2n) is 9.29. The number of carbonyl (C=O) groups is 4. The summed E-state index contributed by atoms with van der Waals surface area (Å²) in [7, 11) is 0. The van der Waals surface area contributed by atoms with Gasteiger partial charge in [-0.05, 0) is 53.0 Å². The molecule has 0 spiro atoms. The van der Waals surface area contributed by atoms with Crippen molar-refractivity contribution in [1.82, 2.24) is 15.5 Å². The average Bonchev–Trinajstić information content (AvgIpc) is 2.77. The van der Waals surface area contributed by atoms with Crippen LogP contribution in [0.3, 0.4) is 0 Å². The predicted molar refractivity (Wildman–Crippen MR) is 123 cm³/mol. The zero-order valence-corrected chi connectivity index (χ0v) is 20.5. The number of hydrogen-bond donors (Lipinski definition) is 2. The molecule has 0 saturated carbocycles. The van der Waals surface area contributed by atoms with Crippen molar-refractivity contribution in [2.24, 2.45) is 5.92 Å². The molecule has 1 aliphatic heterocycles. The van der Waals surface area contributed by atoms with Crippen molar-refractivity contribution in [2.75, 3.05) is 19.7 Å². The Morgan fingerprint density at radius 1 is 1.03 bits per heavy atom. The molecule has 10 heteroatoms. The summed E-state index contributed by atoms with van der Waals surface area (Å²) in [4.78, 5) is 51.9. The van der Waals surface area contributed by atoms with Gasteiger partial charge in [0.05, 0.1) is 12.5 Å². The van der Waals surface area contributed by atoms with Crippen LogP contribution in [0, 0.1) is 5.92 Å². The van der Waals surface area contributed by atoms with Crippen LogP contribution in [0.4, 0.5) is 9.59 Å². The molecule has 3 amide bonds. The van der Waals surface area contributed by atoms with Gasteiger partial charge in [-0.1, -0.05) is 30.3 Å². The van der Waals surface area contributed by atoms with Crippen molar-refractivity contribution >= 4 is 24.1 Å². The zero-order valence-electron chi connectivity index (χ0n) is 20.5. The first-order valence-corrected chi connectivity index (χ1v) is 11.4. The summed E-state index contributed by atoms with van der Waals surface area (Å²) < 4.78 is 15.6. The van der Waals surface area contributed by atoms with Crippen LogP contribution in [-0.4, -0.2) is 59.9 Å². The van der Waals surface area contributed by atoms with Gasteiger partial charge in [0.15, 0.2) is 0 Å². The maximum absolute atomic E-state index is 13.0. The smallest absolute Gasteiger partial charge is 0.410 e. The first-order chi connectivity index (χ1) is 15.9. The van der Waals surface area contributed by atoms with Crippen LogP contribution in [0.2, 0.25) is 0 Å². The molecule has 0 aliphatic carbocycles. The minimum Gasteiger partial charge on any atom is -0.463 e. The third-order valence-electron chi connectivity index (χ3n) is 5.06. The van der Waals surface area contributed by atoms with Gasteiger partial charge < -0.3 is 24.4 Å². The van der Waals surface area contributed by atoms with E-state index in [0.717, 1.165) is 5.56 Å². The Labute approximate surface area is 200 Å². The van der Waals surface area contributed by atoms with Gasteiger partial charge in [-0.3, -0.25) is 10.1 Å². The molecule has 0 unspecified atom stereocenters. The molecule has 1 fully saturated rings. The average molecular weight is 478 g/mol. The van der Waals surface area contributed by atoms with E-state index in [1.807, 2.05) is 30.3 Å². The van der Waals surface area contributed by atoms with Crippen LogP contribution in [0.5, 0.6) is 0 Å². The summed E-state index contributed by atoms with van der Waals surface area (Å²) >= 11 is 0. The second-order valence-corrected chi connectivity index (χ2v) is 9.29. The van der Waals surface area contributed by atoms with Gasteiger partial charge in [-0.2, -0.15) is 0 Å². The number of carbonyl (C=O) groups excluding carboxylic acids is 4. The summed E-state index contributed by atoms with van der Waals surface area (Å²) in [6, 6.07) is 9.30. The molecule has 1 aliphatic rings. The van der Waals surface area contributed by atoms with Gasteiger partial charge in [-0.15, -0.1) is 0 Å². The van der Waals surface area contributed by atoms with E-state index in [9.17, 15) is 19.2 Å². The highest BCUT2D eigenvalue weighted by Gasteiger charge is 2.41. The number of ether oxygens (including phenoxy) is 3. The number of piperidine rings is 1. The number of amides is 3. The molecule has 1 aromatic rings. The third kappa shape index (κ3) is 8.24. The third-order valence-corrected chi connectivity index (χ3v) is 5.06. The highest BCUT2D eigenvalue weighted by atomic mass is 16.6. The minimum absolute atomic E-state index is 0.0603. The zero-order chi connectivity index (χ0) is 25.4. The van der Waals surface area contributed by atoms with Gasteiger partial charge in [0, 0.05) is 13.1 Å². The quantitative estimate of drug-likeness (QED) is 0.352. The number of rotatable bonds is 7. The predicted octanol–water partition coefficient (Wildman–Crippen LogP) is 2.96. The van der Waals surface area contributed by atoms with Crippen LogP contribution in [-0.2, 0) is 30.4 Å². The summed E-state index contributed by atoms with van der Waals surface area (Å²) in [6.07, 6.45) is -0.284. The SMILES string of the molecule is CCOC(=O)[C@@](C)(NC(=O)OC(C)(C)C)NC(=O)[C@@H]1CCCN(C(=O)OCc2ccccc2)C1. The van der Waals surface area contributed by atoms with Crippen molar-refractivity contribution in [1.29, 1.82) is 0 Å². The maximum Gasteiger partial charge on any atom is 0.410 e. The van der Waals surface area contributed by atoms with E-state index in [-0.39, 0.29) is 19.8 Å². The summed E-state index contributed by atoms with van der Waals surface area (Å²) in [5.41, 5.74) is -1.78. The Morgan fingerprint density at radius 3 is 2.32 bits per heavy atom. The topological polar surface area (TPSA) is 123 Å². The van der Waals surface area contributed by atoms with Crippen molar-refractivity contribution < 1.29 is 33.4 Å². The lowest BCUT2D eigenvalue weighted by molar-refractivity contribution is -0.154. The number of likely N-dealkylation sites (tertiary alicyclic amines) is 1. The number of benzene rings is 1. The standard InChI is InChI=1S/C24H35N3O7/c1-6-32-20(29)24(5,26-21(30)34-23(2,3)4)25-19(28)18-13-10-14-27(15-18)22(31)33-16-17-11-8-7-9-12-17/h7-9,11-12,18H,6,10,13-16H2,1-5H3,(H,25,28)(H,26,30)/t18-,24-/m1/s1. The normalized spacial score (nSPS) is 17.7. The van der Waals surface area contributed by atoms with Gasteiger partial charge in [-0.25, -0.2) is 14.4 Å². The van der Waals surface area contributed by atoms with Crippen molar-refractivity contribution in [3.63, 3.8) is 0 Å². The van der Waals surface area contributed by atoms with Crippen LogP contribution in [0.15, 0.2) is 30.3 Å². The Bertz CT molecular complexity index is 869. The molecule has 1 heterocycles. The maximum atomic E-state index is 13.0. The van der Waals surface area contributed by atoms with E-state index in [2.05, 4.69) is 10.6 Å². The van der Waals surface area contributed by atoms with Crippen LogP contribution in [0.25, 0.3) is 0 Å². The largest absolute Gasteiger partial charge is 0.463 e. The Morgan fingerprint density at radius 2 is 1.71 bits per heavy atom. The molecule has 0 aromatic heterocycles. The van der Waals surface area contributed by atoms with E-state index in [0.29, 0.717) is 19.4 Å². The molecule has 0 radical (unpaired) electrons. The fourth-order valence-electron chi connectivity index (χ4n) is 3.43. The van der Waals surface area contributed by atoms with Crippen LogP contribution < -0.4 is 10.6 Å². The lowest BCUT2D eigenvalue weighted by Gasteiger charge is -2.35. The fraction of sp³-hybridized carbons (Fsp3) is 0.583. The second kappa shape index (κ2) is 11.7. The van der Waals surface area contributed by atoms with E-state index < -0.39 is 41.2 Å². The molecule has 34 heavy (non-hydrogen) atoms. The van der Waals surface area contributed by atoms with Gasteiger partial charge >= 0.3 is 18.2 Å². The highest BCUT2D eigenvalue weighted by molar-refractivity contribution is 5.91. The molecule has 10 nitrogen and oxygen atoms in total. The molecule has 2 rings (SSSR count). The van der Waals surface area contributed by atoms with E-state index in [1.54, 1.807) is 27.7 Å². The molecule has 1 saturated heterocycles. The summed E-state index contributed by atoms with van der Waals surface area (Å²) in [6.45, 7) is 8.78. The monoisotopic (exact) mass is 477 g/mol. The Hall–Kier alpha value is -3.30. The van der Waals surface area contributed by atoms with Crippen molar-refractivity contribution in [3.8, 4) is 0 Å². The first-order valence-electron chi connectivity index (χ1n) is 11.4. The highest BCUT2D eigenvalue weighted by Crippen LogP contribution is 2.19. The van der Waals surface area contributed by atoms with Gasteiger partial charge in [0.1, 0.15) is 12.2 Å². The molecular formula is C24H35N3O7. The molecule has 2 atom stereocenters. The number of alkyl carbamates (subject to hydrolysis) is 1. The Balaban J connectivity index is 2.02. The van der Waals surface area contributed by atoms with Crippen LogP contribution in [0.1, 0.15) is 53.0 Å². The number of hydrogen-bond acceptors (Lipinski definition) is 7. The van der Waals surface area contributed by atoms with E-state index in [1.165, 1.54) is 11.8 Å². The number of nitrogens with zero attached hydrogens (tertiary/aromatic N) is 1. The Kier molecular flexibility index (Phi) is 9.28. The molecular weight excluding hydrogens is 442 g/mol. The van der Waals surface area contributed by atoms with Gasteiger partial charge in [0.25, 0.3) is 0 Å². The molecule has 2 N–H and O–H groups in total. The van der Waals surface area contributed by atoms with Crippen LogP contribution >= 0.6 is 0 Å². The number of esters is 1. The first kappa shape index (κ1) is 26.9. The summed E-state index contributed by atoms with van der Waals surface area (Å²) in [5.74, 6) is -1.91. The molecule has 188 valence electrons. The number of nitrogens with one attached hydrogen (secondary N) is 2. The minimum atomic E-state index is -1.84. The fourth-order valence-corrected chi connectivity index (χ4v) is 3.43. The molecule has 0 bridgehead atoms. The van der Waals surface area contributed by atoms with E-state index in [4.69, 9.17) is 14.2 Å². The lowest BCUT2D eigenvalue weighted by Crippen LogP contribution is -2.66. The lowest BCUT2D eigenvalue weighted by atomic mass is 9.96. The van der Waals surface area contributed by atoms with Crippen molar-refractivity contribution in [3.05, 3.63) is 35.9 Å². The van der Waals surface area contributed by atoms with Gasteiger partial charge in [0.2, 0.25) is 11.6 Å². The summed E-state index contributed by atoms with van der Waals surface area (Å²) in [5, 5.41) is 4.98.